The van der Waals surface area contributed by atoms with E-state index in [1.807, 2.05) is 0 Å². The van der Waals surface area contributed by atoms with Crippen molar-refractivity contribution < 1.29 is 13.2 Å². The number of amides is 1. The van der Waals surface area contributed by atoms with Crippen molar-refractivity contribution >= 4 is 39.3 Å². The molecule has 0 radical (unpaired) electrons. The van der Waals surface area contributed by atoms with Crippen LogP contribution in [0.1, 0.15) is 11.1 Å². The fraction of sp³-hybridized carbons (Fsp3) is 0.118. The molecule has 0 saturated heterocycles. The van der Waals surface area contributed by atoms with E-state index in [0.717, 1.165) is 5.56 Å². The zero-order chi connectivity index (χ0) is 17.7. The lowest BCUT2D eigenvalue weighted by Crippen LogP contribution is -2.20. The van der Waals surface area contributed by atoms with Crippen LogP contribution in [0.25, 0.3) is 6.08 Å². The highest BCUT2D eigenvalue weighted by Gasteiger charge is 2.15. The van der Waals surface area contributed by atoms with Gasteiger partial charge in [-0.3, -0.25) is 4.79 Å². The molecule has 7 heteroatoms. The van der Waals surface area contributed by atoms with Crippen LogP contribution in [-0.4, -0.2) is 21.4 Å². The summed E-state index contributed by atoms with van der Waals surface area (Å²) in [7, 11) is -2.24. The molecule has 2 rings (SSSR count). The minimum atomic E-state index is -3.58. The number of hydrogen-bond donors (Lipinski definition) is 2. The maximum absolute atomic E-state index is 12.0. The monoisotopic (exact) mass is 364 g/mol. The van der Waals surface area contributed by atoms with Crippen LogP contribution >= 0.6 is 11.6 Å². The van der Waals surface area contributed by atoms with Gasteiger partial charge in [-0.2, -0.15) is 0 Å². The Labute approximate surface area is 146 Å². The molecule has 2 N–H and O–H groups in total. The van der Waals surface area contributed by atoms with Gasteiger partial charge in [0.1, 0.15) is 0 Å². The van der Waals surface area contributed by atoms with Crippen LogP contribution in [0.15, 0.2) is 53.4 Å². The number of benzene rings is 2. The first-order valence-electron chi connectivity index (χ1n) is 7.10. The van der Waals surface area contributed by atoms with E-state index in [-0.39, 0.29) is 10.8 Å². The first-order chi connectivity index (χ1) is 11.3. The minimum absolute atomic E-state index is 0.129. The number of nitrogens with one attached hydrogen (secondary N) is 2. The molecule has 126 valence electrons. The zero-order valence-corrected chi connectivity index (χ0v) is 14.8. The molecular formula is C17H17ClN2O3S. The molecule has 0 aromatic heterocycles. The number of sulfonamides is 1. The Balaban J connectivity index is 2.14. The Bertz CT molecular complexity index is 875. The van der Waals surface area contributed by atoms with Crippen LogP contribution in [0.4, 0.5) is 5.69 Å². The Hall–Kier alpha value is -2.15. The largest absolute Gasteiger partial charge is 0.322 e. The Morgan fingerprint density at radius 1 is 1.12 bits per heavy atom. The van der Waals surface area contributed by atoms with E-state index in [0.29, 0.717) is 16.3 Å². The van der Waals surface area contributed by atoms with Gasteiger partial charge in [0.15, 0.2) is 0 Å². The predicted octanol–water partition coefficient (Wildman–Crippen LogP) is 3.21. The summed E-state index contributed by atoms with van der Waals surface area (Å²) in [5, 5.41) is 3.26. The van der Waals surface area contributed by atoms with Gasteiger partial charge in [-0.25, -0.2) is 13.1 Å². The number of carbonyl (C=O) groups excluding carboxylic acids is 1. The molecular weight excluding hydrogens is 348 g/mol. The number of anilines is 1. The summed E-state index contributed by atoms with van der Waals surface area (Å²) in [6, 6.07) is 11.8. The third-order valence-corrected chi connectivity index (χ3v) is 5.12. The topological polar surface area (TPSA) is 75.3 Å². The molecule has 5 nitrogen and oxygen atoms in total. The van der Waals surface area contributed by atoms with Crippen molar-refractivity contribution in [2.45, 2.75) is 11.8 Å². The molecule has 0 aliphatic heterocycles. The Morgan fingerprint density at radius 3 is 2.42 bits per heavy atom. The first kappa shape index (κ1) is 18.2. The van der Waals surface area contributed by atoms with Gasteiger partial charge in [-0.15, -0.1) is 0 Å². The molecule has 0 aliphatic rings. The average Bonchev–Trinajstić information content (AvgIpc) is 2.56. The van der Waals surface area contributed by atoms with Gasteiger partial charge in [-0.1, -0.05) is 29.8 Å². The minimum Gasteiger partial charge on any atom is -0.322 e. The molecule has 2 aromatic carbocycles. The fourth-order valence-electron chi connectivity index (χ4n) is 2.01. The molecule has 0 bridgehead atoms. The van der Waals surface area contributed by atoms with Gasteiger partial charge >= 0.3 is 0 Å². The Morgan fingerprint density at radius 2 is 1.79 bits per heavy atom. The number of halogens is 1. The lowest BCUT2D eigenvalue weighted by molar-refractivity contribution is -0.111. The molecule has 24 heavy (non-hydrogen) atoms. The van der Waals surface area contributed by atoms with Crippen LogP contribution < -0.4 is 10.0 Å². The quantitative estimate of drug-likeness (QED) is 0.800. The van der Waals surface area contributed by atoms with E-state index in [9.17, 15) is 13.2 Å². The van der Waals surface area contributed by atoms with E-state index in [1.165, 1.54) is 19.2 Å². The predicted molar refractivity (Wildman–Crippen MR) is 96.5 cm³/mol. The molecule has 0 heterocycles. The van der Waals surface area contributed by atoms with Crippen molar-refractivity contribution in [3.8, 4) is 0 Å². The maximum Gasteiger partial charge on any atom is 0.248 e. The molecule has 0 unspecified atom stereocenters. The second-order valence-corrected chi connectivity index (χ2v) is 7.35. The second kappa shape index (κ2) is 7.61. The van der Waals surface area contributed by atoms with Crippen molar-refractivity contribution in [1.29, 1.82) is 0 Å². The van der Waals surface area contributed by atoms with E-state index < -0.39 is 10.0 Å². The molecule has 1 amide bonds. The smallest absolute Gasteiger partial charge is 0.248 e. The van der Waals surface area contributed by atoms with Gasteiger partial charge in [0.25, 0.3) is 0 Å². The summed E-state index contributed by atoms with van der Waals surface area (Å²) >= 11 is 5.80. The summed E-state index contributed by atoms with van der Waals surface area (Å²) in [5.74, 6) is -0.360. The Kier molecular flexibility index (Phi) is 5.77. The van der Waals surface area contributed by atoms with E-state index >= 15 is 0 Å². The third kappa shape index (κ3) is 4.67. The van der Waals surface area contributed by atoms with Crippen LogP contribution in [0.2, 0.25) is 5.02 Å². The lowest BCUT2D eigenvalue weighted by atomic mass is 10.2. The molecule has 0 saturated carbocycles. The average molecular weight is 365 g/mol. The van der Waals surface area contributed by atoms with E-state index in [4.69, 9.17) is 11.6 Å². The van der Waals surface area contributed by atoms with Crippen LogP contribution in [0.5, 0.6) is 0 Å². The highest BCUT2D eigenvalue weighted by Crippen LogP contribution is 2.20. The summed E-state index contributed by atoms with van der Waals surface area (Å²) in [6.07, 6.45) is 3.01. The molecule has 0 aliphatic carbocycles. The summed E-state index contributed by atoms with van der Waals surface area (Å²) in [6.45, 7) is 1.69. The van der Waals surface area contributed by atoms with Crippen LogP contribution in [0, 0.1) is 6.92 Å². The van der Waals surface area contributed by atoms with Gasteiger partial charge in [0, 0.05) is 16.8 Å². The van der Waals surface area contributed by atoms with Crippen molar-refractivity contribution in [2.75, 3.05) is 12.4 Å². The van der Waals surface area contributed by atoms with Gasteiger partial charge < -0.3 is 5.32 Å². The summed E-state index contributed by atoms with van der Waals surface area (Å²) in [4.78, 5) is 12.1. The van der Waals surface area contributed by atoms with Crippen molar-refractivity contribution in [3.63, 3.8) is 0 Å². The molecule has 2 aromatic rings. The number of carbonyl (C=O) groups is 1. The molecule has 0 spiro atoms. The SMILES string of the molecule is CNS(=O)(=O)c1cc(NC(=O)/C=C/c2ccc(Cl)cc2)ccc1C. The van der Waals surface area contributed by atoms with Crippen LogP contribution in [-0.2, 0) is 14.8 Å². The van der Waals surface area contributed by atoms with Gasteiger partial charge in [0.05, 0.1) is 4.90 Å². The van der Waals surface area contributed by atoms with Gasteiger partial charge in [0.2, 0.25) is 15.9 Å². The van der Waals surface area contributed by atoms with Crippen molar-refractivity contribution in [1.82, 2.24) is 4.72 Å². The third-order valence-electron chi connectivity index (χ3n) is 3.31. The van der Waals surface area contributed by atoms with E-state index in [2.05, 4.69) is 10.0 Å². The normalized spacial score (nSPS) is 11.6. The molecule has 0 fully saturated rings. The first-order valence-corrected chi connectivity index (χ1v) is 8.97. The summed E-state index contributed by atoms with van der Waals surface area (Å²) in [5.41, 5.74) is 1.83. The van der Waals surface area contributed by atoms with Gasteiger partial charge in [-0.05, 0) is 55.4 Å². The second-order valence-electron chi connectivity index (χ2n) is 5.06. The van der Waals surface area contributed by atoms with Crippen molar-refractivity contribution in [2.24, 2.45) is 0 Å². The van der Waals surface area contributed by atoms with E-state index in [1.54, 1.807) is 49.4 Å². The standard InChI is InChI=1S/C17H17ClN2O3S/c1-12-3-9-15(11-16(12)24(22,23)19-2)20-17(21)10-6-13-4-7-14(18)8-5-13/h3-11,19H,1-2H3,(H,20,21)/b10-6+. The summed E-state index contributed by atoms with van der Waals surface area (Å²) < 4.78 is 26.2. The molecule has 0 atom stereocenters. The lowest BCUT2D eigenvalue weighted by Gasteiger charge is -2.09. The number of rotatable bonds is 5. The van der Waals surface area contributed by atoms with Crippen molar-refractivity contribution in [3.05, 3.63) is 64.7 Å². The number of hydrogen-bond acceptors (Lipinski definition) is 3. The van der Waals surface area contributed by atoms with Crippen LogP contribution in [0.3, 0.4) is 0 Å². The maximum atomic E-state index is 12.0. The highest BCUT2D eigenvalue weighted by molar-refractivity contribution is 7.89. The number of aryl methyl sites for hydroxylation is 1. The fourth-order valence-corrected chi connectivity index (χ4v) is 3.13. The zero-order valence-electron chi connectivity index (χ0n) is 13.2. The highest BCUT2D eigenvalue weighted by atomic mass is 35.5.